The van der Waals surface area contributed by atoms with Gasteiger partial charge in [0.05, 0.1) is 28.2 Å². The first-order valence-electron chi connectivity index (χ1n) is 12.0. The highest BCUT2D eigenvalue weighted by Gasteiger charge is 2.45. The second-order valence-corrected chi connectivity index (χ2v) is 11.3. The fraction of sp³-hybridized carbons (Fsp3) is 0.231. The number of ether oxygens (including phenoxy) is 2. The highest BCUT2D eigenvalue weighted by atomic mass is 32.2. The number of nitrogens with zero attached hydrogens (tertiary/aromatic N) is 2. The van der Waals surface area contributed by atoms with Crippen molar-refractivity contribution in [2.75, 3.05) is 11.1 Å². The fourth-order valence-electron chi connectivity index (χ4n) is 4.29. The number of carbonyl (C=O) groups is 1. The van der Waals surface area contributed by atoms with E-state index in [9.17, 15) is 40.3 Å². The van der Waals surface area contributed by atoms with Crippen LogP contribution in [0, 0.1) is 0 Å². The molecule has 1 aliphatic heterocycles. The third-order valence-corrected chi connectivity index (χ3v) is 8.04. The summed E-state index contributed by atoms with van der Waals surface area (Å²) in [5.41, 5.74) is -0.0973. The zero-order valence-corrected chi connectivity index (χ0v) is 21.8. The molecule has 0 aliphatic carbocycles. The van der Waals surface area contributed by atoms with Gasteiger partial charge in [0.1, 0.15) is 0 Å². The molecular weight excluding hydrogens is 577 g/mol. The number of carbonyl (C=O) groups excluding carboxylic acids is 1. The largest absolute Gasteiger partial charge is 0.586 e. The molecule has 0 saturated heterocycles. The predicted octanol–water partition coefficient (Wildman–Crippen LogP) is 4.89. The molecule has 0 spiro atoms. The highest BCUT2D eigenvalue weighted by Crippen LogP contribution is 2.44. The first-order chi connectivity index (χ1) is 19.2. The minimum Gasteiger partial charge on any atom is -0.395 e. The Morgan fingerprint density at radius 2 is 1.80 bits per heavy atom. The molecule has 1 atom stereocenters. The minimum atomic E-state index is -4.92. The summed E-state index contributed by atoms with van der Waals surface area (Å²) in [6.45, 7) is 0.934. The maximum absolute atomic E-state index is 13.9. The van der Waals surface area contributed by atoms with Gasteiger partial charge in [0.15, 0.2) is 27.4 Å². The standard InChI is InChI=1S/C26H20F5N3O6S/c1-2-41(37,38)17-9-6-14(7-10-17)21(35)23(36)32-16-8-11-19-18(12-16)33-24(25(27,28)29)34(19)13-15-4-3-5-20-22(15)40-26(30,31)39-20/h3-12,21,35H,2,13H2,1H3,(H,32,36)/t21-/m1/s1. The fourth-order valence-corrected chi connectivity index (χ4v) is 5.17. The molecule has 0 bridgehead atoms. The van der Waals surface area contributed by atoms with Crippen LogP contribution in [-0.4, -0.2) is 41.0 Å². The van der Waals surface area contributed by atoms with Gasteiger partial charge in [0, 0.05) is 11.3 Å². The van der Waals surface area contributed by atoms with Gasteiger partial charge in [0.2, 0.25) is 5.82 Å². The minimum absolute atomic E-state index is 0.0114. The molecule has 4 aromatic rings. The summed E-state index contributed by atoms with van der Waals surface area (Å²) in [7, 11) is -3.49. The molecule has 2 heterocycles. The van der Waals surface area contributed by atoms with Crippen molar-refractivity contribution in [2.24, 2.45) is 0 Å². The molecule has 0 radical (unpaired) electrons. The first kappa shape index (κ1) is 28.3. The Labute approximate surface area is 229 Å². The van der Waals surface area contributed by atoms with Crippen LogP contribution in [0.15, 0.2) is 65.6 Å². The summed E-state index contributed by atoms with van der Waals surface area (Å²) in [5.74, 6) is -3.10. The Kier molecular flexibility index (Phi) is 6.90. The van der Waals surface area contributed by atoms with E-state index in [1.807, 2.05) is 0 Å². The number of aromatic nitrogens is 2. The molecule has 0 saturated carbocycles. The molecule has 41 heavy (non-hydrogen) atoms. The molecule has 1 aromatic heterocycles. The molecule has 1 amide bonds. The van der Waals surface area contributed by atoms with Crippen molar-refractivity contribution in [3.63, 3.8) is 0 Å². The van der Waals surface area contributed by atoms with E-state index < -0.39 is 52.4 Å². The summed E-state index contributed by atoms with van der Waals surface area (Å²) in [6.07, 6.45) is -10.6. The zero-order valence-electron chi connectivity index (χ0n) is 20.9. The van der Waals surface area contributed by atoms with Crippen molar-refractivity contribution in [1.29, 1.82) is 0 Å². The Bertz CT molecular complexity index is 1750. The van der Waals surface area contributed by atoms with Crippen molar-refractivity contribution in [2.45, 2.75) is 36.9 Å². The Morgan fingerprint density at radius 3 is 2.46 bits per heavy atom. The van der Waals surface area contributed by atoms with Gasteiger partial charge in [0.25, 0.3) is 5.91 Å². The maximum atomic E-state index is 13.9. The molecular formula is C26H20F5N3O6S. The topological polar surface area (TPSA) is 120 Å². The van der Waals surface area contributed by atoms with Gasteiger partial charge >= 0.3 is 12.5 Å². The summed E-state index contributed by atoms with van der Waals surface area (Å²) < 4.78 is 103. The molecule has 5 rings (SSSR count). The molecule has 1 aliphatic rings. The first-order valence-corrected chi connectivity index (χ1v) is 13.6. The third kappa shape index (κ3) is 5.54. The summed E-state index contributed by atoms with van der Waals surface area (Å²) in [4.78, 5) is 16.3. The highest BCUT2D eigenvalue weighted by molar-refractivity contribution is 7.91. The number of aliphatic hydroxyl groups excluding tert-OH is 1. The van der Waals surface area contributed by atoms with E-state index in [-0.39, 0.29) is 44.2 Å². The van der Waals surface area contributed by atoms with E-state index in [4.69, 9.17) is 0 Å². The van der Waals surface area contributed by atoms with Gasteiger partial charge in [-0.25, -0.2) is 13.4 Å². The number of para-hydroxylation sites is 1. The summed E-state index contributed by atoms with van der Waals surface area (Å²) in [5, 5.41) is 12.8. The SMILES string of the molecule is CCS(=O)(=O)c1ccc([C@@H](O)C(=O)Nc2ccc3c(c2)nc(C(F)(F)F)n3Cc2cccc3c2OC(F)(F)O3)cc1. The number of aliphatic hydroxyl groups is 1. The van der Waals surface area contributed by atoms with Gasteiger partial charge in [-0.1, -0.05) is 31.2 Å². The van der Waals surface area contributed by atoms with Crippen molar-refractivity contribution in [1.82, 2.24) is 9.55 Å². The number of benzene rings is 3. The van der Waals surface area contributed by atoms with Crippen molar-refractivity contribution < 1.29 is 49.7 Å². The van der Waals surface area contributed by atoms with Crippen LogP contribution < -0.4 is 14.8 Å². The molecule has 2 N–H and O–H groups in total. The van der Waals surface area contributed by atoms with Crippen LogP contribution >= 0.6 is 0 Å². The predicted molar refractivity (Wildman–Crippen MR) is 134 cm³/mol. The second kappa shape index (κ2) is 9.99. The Morgan fingerprint density at radius 1 is 1.10 bits per heavy atom. The molecule has 0 fully saturated rings. The number of fused-ring (bicyclic) bond motifs is 2. The average Bonchev–Trinajstić information content (AvgIpc) is 3.44. The van der Waals surface area contributed by atoms with E-state index in [0.29, 0.717) is 0 Å². The van der Waals surface area contributed by atoms with Gasteiger partial charge < -0.3 is 24.5 Å². The quantitative estimate of drug-likeness (QED) is 0.291. The Balaban J connectivity index is 1.42. The number of anilines is 1. The van der Waals surface area contributed by atoms with Crippen LogP contribution in [0.4, 0.5) is 27.6 Å². The van der Waals surface area contributed by atoms with Crippen LogP contribution in [0.3, 0.4) is 0 Å². The van der Waals surface area contributed by atoms with Gasteiger partial charge in [-0.05, 0) is 42.0 Å². The van der Waals surface area contributed by atoms with Crippen molar-refractivity contribution in [3.05, 3.63) is 77.6 Å². The van der Waals surface area contributed by atoms with Crippen LogP contribution in [0.25, 0.3) is 11.0 Å². The second-order valence-electron chi connectivity index (χ2n) is 9.00. The van der Waals surface area contributed by atoms with Crippen LogP contribution in [0.5, 0.6) is 11.5 Å². The lowest BCUT2D eigenvalue weighted by Gasteiger charge is -2.14. The maximum Gasteiger partial charge on any atom is 0.586 e. The van der Waals surface area contributed by atoms with E-state index in [0.717, 1.165) is 10.6 Å². The van der Waals surface area contributed by atoms with Crippen molar-refractivity contribution in [3.8, 4) is 11.5 Å². The van der Waals surface area contributed by atoms with Gasteiger partial charge in [-0.15, -0.1) is 8.78 Å². The lowest BCUT2D eigenvalue weighted by Crippen LogP contribution is -2.26. The van der Waals surface area contributed by atoms with Gasteiger partial charge in [-0.3, -0.25) is 4.79 Å². The number of sulfone groups is 1. The number of halogens is 5. The van der Waals surface area contributed by atoms with Crippen LogP contribution in [0.2, 0.25) is 0 Å². The molecule has 0 unspecified atom stereocenters. The molecule has 216 valence electrons. The number of imidazole rings is 1. The number of nitrogens with one attached hydrogen (secondary N) is 1. The number of hydrogen-bond acceptors (Lipinski definition) is 7. The van der Waals surface area contributed by atoms with E-state index in [1.165, 1.54) is 61.5 Å². The smallest absolute Gasteiger partial charge is 0.395 e. The lowest BCUT2D eigenvalue weighted by molar-refractivity contribution is -0.287. The van der Waals surface area contributed by atoms with E-state index in [2.05, 4.69) is 19.8 Å². The molecule has 15 heteroatoms. The zero-order chi connectivity index (χ0) is 29.7. The molecule has 9 nitrogen and oxygen atoms in total. The lowest BCUT2D eigenvalue weighted by atomic mass is 10.1. The summed E-state index contributed by atoms with van der Waals surface area (Å²) in [6, 6.07) is 12.6. The third-order valence-electron chi connectivity index (χ3n) is 6.29. The normalized spacial score (nSPS) is 15.2. The monoisotopic (exact) mass is 597 g/mol. The van der Waals surface area contributed by atoms with Crippen LogP contribution in [-0.2, 0) is 27.4 Å². The van der Waals surface area contributed by atoms with Gasteiger partial charge in [-0.2, -0.15) is 13.2 Å². The number of alkyl halides is 5. The van der Waals surface area contributed by atoms with E-state index >= 15 is 0 Å². The summed E-state index contributed by atoms with van der Waals surface area (Å²) >= 11 is 0. The van der Waals surface area contributed by atoms with Crippen LogP contribution in [0.1, 0.15) is 30.0 Å². The average molecular weight is 598 g/mol. The van der Waals surface area contributed by atoms with E-state index in [1.54, 1.807) is 0 Å². The number of hydrogen-bond donors (Lipinski definition) is 2. The Hall–Kier alpha value is -4.24. The molecule has 3 aromatic carbocycles. The number of amides is 1. The number of rotatable bonds is 7. The van der Waals surface area contributed by atoms with Crippen molar-refractivity contribution >= 4 is 32.5 Å².